The van der Waals surface area contributed by atoms with Gasteiger partial charge in [-0.25, -0.2) is 17.7 Å². The van der Waals surface area contributed by atoms with E-state index >= 15 is 4.79 Å². The standard InChI is InChI=1S/C33H27N7O4S/c1-44-31-26(9-5-15-37-31)33(39-18-16-38(17-19-39)25-8-4-13-35-22-25)27-20-23(21-34)11-12-28(27)40(32(33)41)45(42,43)29-10-2-6-24-7-3-14-36-30(24)29/h2-15,20,22H,16-19H2,1H3. The smallest absolute Gasteiger partial charge is 0.273 e. The number of fused-ring (bicyclic) bond motifs is 2. The molecule has 2 aliphatic heterocycles. The molecule has 0 N–H and O–H groups in total. The third kappa shape index (κ3) is 4.31. The molecule has 0 bridgehead atoms. The summed E-state index contributed by atoms with van der Waals surface area (Å²) in [6.45, 7) is 1.85. The molecule has 0 saturated carbocycles. The molecule has 5 aromatic rings. The highest BCUT2D eigenvalue weighted by molar-refractivity contribution is 7.93. The number of hydrogen-bond acceptors (Lipinski definition) is 10. The molecule has 0 spiro atoms. The highest BCUT2D eigenvalue weighted by Gasteiger charge is 2.61. The number of methoxy groups -OCH3 is 1. The second kappa shape index (κ2) is 11.0. The number of nitriles is 1. The van der Waals surface area contributed by atoms with Crippen molar-refractivity contribution in [2.75, 3.05) is 42.5 Å². The van der Waals surface area contributed by atoms with Crippen LogP contribution in [0.1, 0.15) is 16.7 Å². The van der Waals surface area contributed by atoms with Crippen molar-refractivity contribution in [3.8, 4) is 11.9 Å². The summed E-state index contributed by atoms with van der Waals surface area (Å²) in [5.74, 6) is -0.526. The van der Waals surface area contributed by atoms with Crippen molar-refractivity contribution in [2.24, 2.45) is 0 Å². The number of para-hydroxylation sites is 1. The second-order valence-electron chi connectivity index (χ2n) is 10.7. The molecule has 1 amide bonds. The summed E-state index contributed by atoms with van der Waals surface area (Å²) in [6, 6.07) is 22.4. The number of pyridine rings is 3. The number of ether oxygens (including phenoxy) is 1. The number of nitrogens with zero attached hydrogens (tertiary/aromatic N) is 7. The average molecular weight is 618 g/mol. The van der Waals surface area contributed by atoms with E-state index in [1.807, 2.05) is 17.0 Å². The van der Waals surface area contributed by atoms with E-state index in [4.69, 9.17) is 4.74 Å². The first-order valence-corrected chi connectivity index (χ1v) is 15.7. The minimum absolute atomic E-state index is 0.0976. The van der Waals surface area contributed by atoms with Gasteiger partial charge in [-0.15, -0.1) is 0 Å². The maximum atomic E-state index is 15.3. The first kappa shape index (κ1) is 28.4. The van der Waals surface area contributed by atoms with Crippen LogP contribution in [-0.2, 0) is 20.4 Å². The van der Waals surface area contributed by atoms with E-state index in [1.165, 1.54) is 31.5 Å². The van der Waals surface area contributed by atoms with E-state index in [0.29, 0.717) is 42.7 Å². The zero-order valence-corrected chi connectivity index (χ0v) is 25.1. The Morgan fingerprint density at radius 1 is 0.889 bits per heavy atom. The summed E-state index contributed by atoms with van der Waals surface area (Å²) in [4.78, 5) is 32.3. The lowest BCUT2D eigenvalue weighted by atomic mass is 9.81. The molecule has 1 saturated heterocycles. The van der Waals surface area contributed by atoms with E-state index in [2.05, 4.69) is 25.9 Å². The Kier molecular flexibility index (Phi) is 6.92. The van der Waals surface area contributed by atoms with Crippen LogP contribution in [0.5, 0.6) is 5.88 Å². The topological polar surface area (TPSA) is 133 Å². The number of carbonyl (C=O) groups is 1. The number of benzene rings is 2. The van der Waals surface area contributed by atoms with E-state index in [9.17, 15) is 13.7 Å². The van der Waals surface area contributed by atoms with Crippen LogP contribution in [-0.4, -0.2) is 67.5 Å². The fourth-order valence-corrected chi connectivity index (χ4v) is 8.10. The van der Waals surface area contributed by atoms with E-state index in [1.54, 1.807) is 61.1 Å². The number of rotatable bonds is 6. The first-order valence-electron chi connectivity index (χ1n) is 14.3. The van der Waals surface area contributed by atoms with Gasteiger partial charge in [0.25, 0.3) is 15.9 Å². The van der Waals surface area contributed by atoms with Crippen molar-refractivity contribution in [1.82, 2.24) is 19.9 Å². The van der Waals surface area contributed by atoms with Crippen molar-refractivity contribution < 1.29 is 17.9 Å². The monoisotopic (exact) mass is 617 g/mol. The zero-order chi connectivity index (χ0) is 31.2. The Labute approximate surface area is 260 Å². The molecule has 5 heterocycles. The first-order chi connectivity index (χ1) is 21.9. The molecule has 2 aliphatic rings. The Hall–Kier alpha value is -5.38. The lowest BCUT2D eigenvalue weighted by Gasteiger charge is -2.45. The molecule has 1 fully saturated rings. The third-order valence-electron chi connectivity index (χ3n) is 8.46. The summed E-state index contributed by atoms with van der Waals surface area (Å²) < 4.78 is 35.9. The molecule has 7 rings (SSSR count). The minimum atomic E-state index is -4.51. The van der Waals surface area contributed by atoms with Gasteiger partial charge in [0, 0.05) is 61.3 Å². The third-order valence-corrected chi connectivity index (χ3v) is 10.2. The van der Waals surface area contributed by atoms with Crippen molar-refractivity contribution in [2.45, 2.75) is 10.4 Å². The van der Waals surface area contributed by atoms with E-state index < -0.39 is 21.5 Å². The van der Waals surface area contributed by atoms with Crippen molar-refractivity contribution >= 4 is 38.2 Å². The summed E-state index contributed by atoms with van der Waals surface area (Å²) >= 11 is 0. The molecule has 0 aliphatic carbocycles. The lowest BCUT2D eigenvalue weighted by Crippen LogP contribution is -2.60. The predicted molar refractivity (Wildman–Crippen MR) is 167 cm³/mol. The highest BCUT2D eigenvalue weighted by atomic mass is 32.2. The van der Waals surface area contributed by atoms with Gasteiger partial charge in [-0.1, -0.05) is 18.2 Å². The molecule has 0 radical (unpaired) electrons. The van der Waals surface area contributed by atoms with Gasteiger partial charge >= 0.3 is 0 Å². The number of amides is 1. The van der Waals surface area contributed by atoms with Crippen molar-refractivity contribution in [3.05, 3.63) is 114 Å². The molecule has 1 unspecified atom stereocenters. The van der Waals surface area contributed by atoms with E-state index in [0.717, 1.165) is 9.99 Å². The Morgan fingerprint density at radius 3 is 2.40 bits per heavy atom. The van der Waals surface area contributed by atoms with Crippen LogP contribution in [0.3, 0.4) is 0 Å². The van der Waals surface area contributed by atoms with Crippen LogP contribution in [0.2, 0.25) is 0 Å². The highest BCUT2D eigenvalue weighted by Crippen LogP contribution is 2.52. The Balaban J connectivity index is 1.45. The van der Waals surface area contributed by atoms with Crippen LogP contribution in [0.4, 0.5) is 11.4 Å². The lowest BCUT2D eigenvalue weighted by molar-refractivity contribution is -0.127. The number of anilines is 2. The molecule has 1 atom stereocenters. The maximum Gasteiger partial charge on any atom is 0.273 e. The van der Waals surface area contributed by atoms with Crippen LogP contribution in [0.25, 0.3) is 10.9 Å². The van der Waals surface area contributed by atoms with Crippen molar-refractivity contribution in [3.63, 3.8) is 0 Å². The quantitative estimate of drug-likeness (QED) is 0.278. The van der Waals surface area contributed by atoms with Crippen molar-refractivity contribution in [1.29, 1.82) is 5.26 Å². The summed E-state index contributed by atoms with van der Waals surface area (Å²) in [5, 5.41) is 10.6. The second-order valence-corrected chi connectivity index (χ2v) is 12.5. The van der Waals surface area contributed by atoms with Crippen LogP contribution < -0.4 is 13.9 Å². The Bertz CT molecular complexity index is 2090. The zero-order valence-electron chi connectivity index (χ0n) is 24.2. The maximum absolute atomic E-state index is 15.3. The molecule has 12 heteroatoms. The van der Waals surface area contributed by atoms with Gasteiger partial charge in [0.2, 0.25) is 5.88 Å². The Morgan fingerprint density at radius 2 is 1.64 bits per heavy atom. The number of sulfonamides is 1. The molecule has 224 valence electrons. The normalized spacial score (nSPS) is 18.5. The molecule has 45 heavy (non-hydrogen) atoms. The van der Waals surface area contributed by atoms with Gasteiger partial charge in [-0.05, 0) is 54.6 Å². The summed E-state index contributed by atoms with van der Waals surface area (Å²) in [6.07, 6.45) is 6.58. The number of piperazine rings is 1. The van der Waals surface area contributed by atoms with Gasteiger partial charge in [0.05, 0.1) is 41.8 Å². The van der Waals surface area contributed by atoms with Gasteiger partial charge in [-0.3, -0.25) is 19.7 Å². The fraction of sp³-hybridized carbons (Fsp3) is 0.182. The number of aromatic nitrogens is 3. The fourth-order valence-electron chi connectivity index (χ4n) is 6.47. The summed E-state index contributed by atoms with van der Waals surface area (Å²) in [5.41, 5.74) is 0.726. The average Bonchev–Trinajstić information content (AvgIpc) is 3.36. The van der Waals surface area contributed by atoms with Gasteiger partial charge in [0.15, 0.2) is 5.54 Å². The molecular formula is C33H27N7O4S. The molecule has 11 nitrogen and oxygen atoms in total. The van der Waals surface area contributed by atoms with Crippen LogP contribution >= 0.6 is 0 Å². The predicted octanol–water partition coefficient (Wildman–Crippen LogP) is 3.71. The largest absolute Gasteiger partial charge is 0.481 e. The number of carbonyl (C=O) groups excluding carboxylic acids is 1. The number of hydrogen-bond donors (Lipinski definition) is 0. The molecule has 2 aromatic carbocycles. The van der Waals surface area contributed by atoms with Gasteiger partial charge in [-0.2, -0.15) is 5.26 Å². The molecule has 3 aromatic heterocycles. The van der Waals surface area contributed by atoms with Gasteiger partial charge < -0.3 is 9.64 Å². The molecular weight excluding hydrogens is 590 g/mol. The van der Waals surface area contributed by atoms with E-state index in [-0.39, 0.29) is 27.5 Å². The minimum Gasteiger partial charge on any atom is -0.481 e. The SMILES string of the molecule is COc1ncccc1C1(N2CCN(c3cccnc3)CC2)C(=O)N(S(=O)(=O)c2cccc3cccnc23)c2ccc(C#N)cc21. The van der Waals surface area contributed by atoms with Crippen LogP contribution in [0, 0.1) is 11.3 Å². The summed E-state index contributed by atoms with van der Waals surface area (Å²) in [7, 11) is -3.05. The van der Waals surface area contributed by atoms with Crippen LogP contribution in [0.15, 0.2) is 102 Å². The van der Waals surface area contributed by atoms with Gasteiger partial charge in [0.1, 0.15) is 4.90 Å².